The van der Waals surface area contributed by atoms with E-state index in [4.69, 9.17) is 4.74 Å². The number of carbonyl (C=O) groups excluding carboxylic acids is 4. The minimum atomic E-state index is -0.369. The van der Waals surface area contributed by atoms with Crippen LogP contribution in [-0.2, 0) is 20.8 Å². The van der Waals surface area contributed by atoms with Crippen molar-refractivity contribution in [1.82, 2.24) is 25.0 Å². The van der Waals surface area contributed by atoms with Crippen molar-refractivity contribution in [3.63, 3.8) is 0 Å². The monoisotopic (exact) mass is 593 g/mol. The van der Waals surface area contributed by atoms with Gasteiger partial charge in [-0.15, -0.1) is 11.3 Å². The number of rotatable bonds is 7. The smallest absolute Gasteiger partial charge is 0.265 e. The summed E-state index contributed by atoms with van der Waals surface area (Å²) >= 11 is 1.34. The summed E-state index contributed by atoms with van der Waals surface area (Å²) in [7, 11) is 1.63. The van der Waals surface area contributed by atoms with Crippen LogP contribution in [0.1, 0.15) is 71.8 Å². The van der Waals surface area contributed by atoms with Crippen LogP contribution in [0.5, 0.6) is 5.75 Å². The molecule has 42 heavy (non-hydrogen) atoms. The molecule has 3 aliphatic heterocycles. The highest BCUT2D eigenvalue weighted by Crippen LogP contribution is 2.41. The van der Waals surface area contributed by atoms with E-state index in [1.165, 1.54) is 11.3 Å². The summed E-state index contributed by atoms with van der Waals surface area (Å²) in [5.74, 6) is 0.0261. The molecule has 10 nitrogen and oxygen atoms in total. The van der Waals surface area contributed by atoms with E-state index < -0.39 is 0 Å². The summed E-state index contributed by atoms with van der Waals surface area (Å²) in [5.41, 5.74) is 3.74. The average Bonchev–Trinajstić information content (AvgIpc) is 3.80. The lowest BCUT2D eigenvalue weighted by Gasteiger charge is -2.43. The van der Waals surface area contributed by atoms with Crippen LogP contribution < -0.4 is 10.1 Å². The number of hydrogen-bond acceptors (Lipinski definition) is 7. The molecular formula is C31H39N5O5S. The Kier molecular flexibility index (Phi) is 8.46. The molecule has 0 radical (unpaired) electrons. The minimum absolute atomic E-state index is 0.00240. The minimum Gasteiger partial charge on any atom is -0.488 e. The van der Waals surface area contributed by atoms with E-state index in [1.807, 2.05) is 26.8 Å². The first-order valence-corrected chi connectivity index (χ1v) is 16.1. The number of nitrogens with zero attached hydrogens (tertiary/aromatic N) is 4. The summed E-state index contributed by atoms with van der Waals surface area (Å²) in [5, 5.41) is 2.77. The van der Waals surface area contributed by atoms with Gasteiger partial charge in [0.2, 0.25) is 17.7 Å². The van der Waals surface area contributed by atoms with Crippen molar-refractivity contribution < 1.29 is 23.9 Å². The van der Waals surface area contributed by atoms with Gasteiger partial charge in [0.05, 0.1) is 24.3 Å². The molecule has 1 aromatic heterocycles. The predicted molar refractivity (Wildman–Crippen MR) is 157 cm³/mol. The fourth-order valence-electron chi connectivity index (χ4n) is 7.20. The van der Waals surface area contributed by atoms with Crippen molar-refractivity contribution in [3.8, 4) is 5.75 Å². The Bertz CT molecular complexity index is 1330. The normalized spacial score (nSPS) is 25.8. The van der Waals surface area contributed by atoms with Crippen LogP contribution in [-0.4, -0.2) is 89.2 Å². The van der Waals surface area contributed by atoms with E-state index in [0.717, 1.165) is 30.4 Å². The summed E-state index contributed by atoms with van der Waals surface area (Å²) in [6, 6.07) is 5.67. The highest BCUT2D eigenvalue weighted by atomic mass is 32.1. The largest absolute Gasteiger partial charge is 0.488 e. The van der Waals surface area contributed by atoms with Gasteiger partial charge < -0.3 is 24.8 Å². The Morgan fingerprint density at radius 2 is 1.88 bits per heavy atom. The Morgan fingerprint density at radius 1 is 1.05 bits per heavy atom. The fraction of sp³-hybridized carbons (Fsp3) is 0.581. The number of nitrogens with one attached hydrogen (secondary N) is 1. The third-order valence-electron chi connectivity index (χ3n) is 9.37. The van der Waals surface area contributed by atoms with Crippen molar-refractivity contribution in [3.05, 3.63) is 45.9 Å². The van der Waals surface area contributed by atoms with Crippen molar-refractivity contribution in [1.29, 1.82) is 0 Å². The van der Waals surface area contributed by atoms with Gasteiger partial charge in [0.25, 0.3) is 5.91 Å². The van der Waals surface area contributed by atoms with E-state index in [2.05, 4.69) is 16.4 Å². The maximum absolute atomic E-state index is 14.3. The van der Waals surface area contributed by atoms with Gasteiger partial charge in [-0.2, -0.15) is 0 Å². The molecule has 2 aromatic rings. The molecule has 4 aliphatic rings. The second-order valence-corrected chi connectivity index (χ2v) is 12.7. The molecule has 3 fully saturated rings. The summed E-state index contributed by atoms with van der Waals surface area (Å²) < 4.78 is 6.63. The predicted octanol–water partition coefficient (Wildman–Crippen LogP) is 3.04. The lowest BCUT2D eigenvalue weighted by atomic mass is 9.77. The van der Waals surface area contributed by atoms with Crippen molar-refractivity contribution in [2.75, 3.05) is 39.8 Å². The van der Waals surface area contributed by atoms with Gasteiger partial charge in [-0.25, -0.2) is 0 Å². The summed E-state index contributed by atoms with van der Waals surface area (Å²) in [6.45, 7) is 2.72. The molecule has 1 saturated carbocycles. The second-order valence-electron chi connectivity index (χ2n) is 11.8. The molecule has 2 unspecified atom stereocenters. The van der Waals surface area contributed by atoms with Crippen molar-refractivity contribution in [2.45, 2.75) is 63.5 Å². The summed E-state index contributed by atoms with van der Waals surface area (Å²) in [4.78, 5) is 63.0. The first kappa shape index (κ1) is 28.6. The zero-order chi connectivity index (χ0) is 29.2. The number of ether oxygens (including phenoxy) is 1. The van der Waals surface area contributed by atoms with Gasteiger partial charge in [-0.1, -0.05) is 25.0 Å². The molecule has 4 atom stereocenters. The van der Waals surface area contributed by atoms with E-state index >= 15 is 0 Å². The topological polar surface area (TPSA) is 112 Å². The van der Waals surface area contributed by atoms with Gasteiger partial charge in [0, 0.05) is 63.5 Å². The molecule has 1 aliphatic carbocycles. The Balaban J connectivity index is 1.28. The molecule has 0 spiro atoms. The van der Waals surface area contributed by atoms with Crippen molar-refractivity contribution in [2.24, 2.45) is 11.8 Å². The molecule has 0 bridgehead atoms. The molecule has 1 aromatic carbocycles. The highest BCUT2D eigenvalue weighted by Gasteiger charge is 2.43. The zero-order valence-electron chi connectivity index (χ0n) is 24.1. The van der Waals surface area contributed by atoms with E-state index in [-0.39, 0.29) is 47.6 Å². The number of aromatic nitrogens is 1. The lowest BCUT2D eigenvalue weighted by Crippen LogP contribution is -2.50. The van der Waals surface area contributed by atoms with Crippen LogP contribution in [0.25, 0.3) is 0 Å². The summed E-state index contributed by atoms with van der Waals surface area (Å²) in [6.07, 6.45) is 7.44. The molecule has 4 amide bonds. The number of fused-ring (bicyclic) bond motifs is 1. The Morgan fingerprint density at radius 3 is 2.62 bits per heavy atom. The number of likely N-dealkylation sites (tertiary alicyclic amines) is 2. The molecule has 4 heterocycles. The molecule has 224 valence electrons. The zero-order valence-corrected chi connectivity index (χ0v) is 24.9. The van der Waals surface area contributed by atoms with Crippen molar-refractivity contribution >= 4 is 35.0 Å². The Labute approximate surface area is 250 Å². The van der Waals surface area contributed by atoms with Crippen LogP contribution in [0, 0.1) is 11.8 Å². The van der Waals surface area contributed by atoms with Crippen LogP contribution >= 0.6 is 11.3 Å². The second kappa shape index (κ2) is 12.4. The third kappa shape index (κ3) is 5.63. The number of hydrogen-bond donors (Lipinski definition) is 1. The van der Waals surface area contributed by atoms with Gasteiger partial charge in [0.1, 0.15) is 16.7 Å². The quantitative estimate of drug-likeness (QED) is 0.528. The number of thiazole rings is 1. The maximum Gasteiger partial charge on any atom is 0.265 e. The Hall–Kier alpha value is -3.47. The van der Waals surface area contributed by atoms with Crippen LogP contribution in [0.4, 0.5) is 0 Å². The lowest BCUT2D eigenvalue weighted by molar-refractivity contribution is -0.147. The average molecular weight is 594 g/mol. The van der Waals surface area contributed by atoms with Crippen LogP contribution in [0.15, 0.2) is 29.9 Å². The maximum atomic E-state index is 14.3. The van der Waals surface area contributed by atoms with Crippen LogP contribution in [0.3, 0.4) is 0 Å². The van der Waals surface area contributed by atoms with E-state index in [9.17, 15) is 19.2 Å². The van der Waals surface area contributed by atoms with Crippen LogP contribution in [0.2, 0.25) is 0 Å². The van der Waals surface area contributed by atoms with Gasteiger partial charge >= 0.3 is 0 Å². The van der Waals surface area contributed by atoms with Gasteiger partial charge in [-0.3, -0.25) is 24.2 Å². The number of benzene rings is 1. The fourth-order valence-corrected chi connectivity index (χ4v) is 7.79. The van der Waals surface area contributed by atoms with Gasteiger partial charge in [-0.05, 0) is 37.3 Å². The number of amides is 4. The third-order valence-corrected chi connectivity index (χ3v) is 10.1. The first-order chi connectivity index (χ1) is 20.4. The molecule has 11 heteroatoms. The highest BCUT2D eigenvalue weighted by molar-refractivity contribution is 7.11. The molecular weight excluding hydrogens is 554 g/mol. The van der Waals surface area contributed by atoms with Gasteiger partial charge in [0.15, 0.2) is 0 Å². The van der Waals surface area contributed by atoms with E-state index in [1.54, 1.807) is 18.8 Å². The van der Waals surface area contributed by atoms with E-state index in [0.29, 0.717) is 75.5 Å². The first-order valence-electron chi connectivity index (χ1n) is 15.2. The standard InChI is InChI=1S/C31H39N5O5S/c1-32-29(38)22-7-2-3-8-23(22)30(39)36-15-11-20-6-4-9-25(28(20)24(36)18-34-13-5-10-27(34)37)41-21-12-14-35(17-21)31(40)26-16-33-19-42-26/h4,6,9,16,19,21-24H,2-3,5,7-8,10-15,17-18H2,1H3,(H,32,38)/t21-,22?,23?,24+/m0/s1. The molecule has 2 saturated heterocycles. The molecule has 6 rings (SSSR count). The number of carbonyl (C=O) groups is 4. The molecule has 1 N–H and O–H groups in total. The SMILES string of the molecule is CNC(=O)C1CCCCC1C(=O)N1CCc2cccc(O[C@H]3CCN(C(=O)c4cncs4)C3)c2[C@H]1CN1CCCC1=O.